The Hall–Kier alpha value is -0.350. The van der Waals surface area contributed by atoms with Crippen LogP contribution in [0.5, 0.6) is 5.88 Å². The summed E-state index contributed by atoms with van der Waals surface area (Å²) in [6.07, 6.45) is 3.41. The van der Waals surface area contributed by atoms with Gasteiger partial charge >= 0.3 is 0 Å². The number of ether oxygens (including phenoxy) is 1. The molecule has 0 aliphatic heterocycles. The molecule has 5 heteroatoms. The monoisotopic (exact) mass is 206 g/mol. The van der Waals surface area contributed by atoms with Crippen LogP contribution >= 0.6 is 23.3 Å². The average Bonchev–Trinajstić information content (AvgIpc) is 2.46. The molecule has 0 fully saturated rings. The van der Waals surface area contributed by atoms with E-state index < -0.39 is 0 Å². The van der Waals surface area contributed by atoms with Crippen LogP contribution in [-0.2, 0) is 0 Å². The van der Waals surface area contributed by atoms with Crippen molar-refractivity contribution in [3.63, 3.8) is 0 Å². The molecule has 0 aliphatic carbocycles. The molecular weight excluding hydrogens is 196 g/mol. The Morgan fingerprint density at radius 2 is 2.25 bits per heavy atom. The van der Waals surface area contributed by atoms with E-state index >= 15 is 0 Å². The second kappa shape index (κ2) is 5.32. The molecule has 1 heterocycles. The van der Waals surface area contributed by atoms with E-state index in [1.165, 1.54) is 12.8 Å². The number of unbranched alkanes of at least 4 members (excludes halogenated alkanes) is 2. The summed E-state index contributed by atoms with van der Waals surface area (Å²) in [5.41, 5.74) is 0. The van der Waals surface area contributed by atoms with Crippen molar-refractivity contribution in [1.29, 1.82) is 0 Å². The fourth-order valence-corrected chi connectivity index (χ4v) is 1.42. The van der Waals surface area contributed by atoms with Crippen LogP contribution in [0.3, 0.4) is 0 Å². The molecule has 0 aromatic carbocycles. The van der Waals surface area contributed by atoms with Gasteiger partial charge in [-0.3, -0.25) is 0 Å². The van der Waals surface area contributed by atoms with Crippen LogP contribution in [0.15, 0.2) is 0 Å². The lowest BCUT2D eigenvalue weighted by Crippen LogP contribution is -1.97. The second-order valence-corrected chi connectivity index (χ2v) is 3.30. The Bertz CT molecular complexity index is 229. The van der Waals surface area contributed by atoms with Gasteiger partial charge in [0.1, 0.15) is 0 Å². The van der Waals surface area contributed by atoms with Crippen molar-refractivity contribution in [1.82, 2.24) is 8.75 Å². The molecule has 1 aromatic rings. The van der Waals surface area contributed by atoms with Gasteiger partial charge in [-0.15, -0.1) is 4.37 Å². The van der Waals surface area contributed by atoms with Gasteiger partial charge in [-0.05, 0) is 6.42 Å². The highest BCUT2D eigenvalue weighted by atomic mass is 35.5. The van der Waals surface area contributed by atoms with Crippen LogP contribution in [-0.4, -0.2) is 15.4 Å². The predicted molar refractivity (Wildman–Crippen MR) is 49.9 cm³/mol. The van der Waals surface area contributed by atoms with Gasteiger partial charge in [-0.2, -0.15) is 4.37 Å². The van der Waals surface area contributed by atoms with Crippen molar-refractivity contribution in [2.45, 2.75) is 26.2 Å². The van der Waals surface area contributed by atoms with Gasteiger partial charge < -0.3 is 4.74 Å². The van der Waals surface area contributed by atoms with Crippen molar-refractivity contribution >= 4 is 23.3 Å². The molecular formula is C7H11ClN2OS. The van der Waals surface area contributed by atoms with Gasteiger partial charge in [0.2, 0.25) is 5.15 Å². The molecule has 0 N–H and O–H groups in total. The van der Waals surface area contributed by atoms with Gasteiger partial charge in [0.05, 0.1) is 18.3 Å². The number of aromatic nitrogens is 2. The number of rotatable bonds is 5. The van der Waals surface area contributed by atoms with E-state index in [4.69, 9.17) is 16.3 Å². The van der Waals surface area contributed by atoms with E-state index in [-0.39, 0.29) is 0 Å². The average molecular weight is 207 g/mol. The third-order valence-corrected chi connectivity index (χ3v) is 2.27. The Morgan fingerprint density at radius 1 is 1.42 bits per heavy atom. The fraction of sp³-hybridized carbons (Fsp3) is 0.714. The zero-order chi connectivity index (χ0) is 8.81. The molecule has 0 spiro atoms. The minimum Gasteiger partial charge on any atom is -0.475 e. The molecule has 0 saturated heterocycles. The highest BCUT2D eigenvalue weighted by Gasteiger charge is 2.04. The summed E-state index contributed by atoms with van der Waals surface area (Å²) in [5, 5.41) is 0.372. The summed E-state index contributed by atoms with van der Waals surface area (Å²) >= 11 is 6.74. The molecule has 0 aliphatic rings. The molecule has 0 atom stereocenters. The second-order valence-electron chi connectivity index (χ2n) is 2.42. The van der Waals surface area contributed by atoms with Gasteiger partial charge in [0.15, 0.2) is 0 Å². The SMILES string of the molecule is CCCCCOc1nsnc1Cl. The van der Waals surface area contributed by atoms with Crippen LogP contribution in [0.2, 0.25) is 5.15 Å². The first-order valence-electron chi connectivity index (χ1n) is 3.95. The number of hydrogen-bond donors (Lipinski definition) is 0. The first-order chi connectivity index (χ1) is 5.84. The molecule has 1 rings (SSSR count). The summed E-state index contributed by atoms with van der Waals surface area (Å²) in [7, 11) is 0. The highest BCUT2D eigenvalue weighted by Crippen LogP contribution is 2.20. The number of hydrogen-bond acceptors (Lipinski definition) is 4. The maximum Gasteiger partial charge on any atom is 0.265 e. The maximum atomic E-state index is 5.66. The lowest BCUT2D eigenvalue weighted by Gasteiger charge is -2.00. The molecule has 12 heavy (non-hydrogen) atoms. The lowest BCUT2D eigenvalue weighted by atomic mass is 10.3. The van der Waals surface area contributed by atoms with Gasteiger partial charge in [-0.25, -0.2) is 0 Å². The summed E-state index contributed by atoms with van der Waals surface area (Å²) in [6, 6.07) is 0. The Kier molecular flexibility index (Phi) is 4.32. The lowest BCUT2D eigenvalue weighted by molar-refractivity contribution is 0.297. The quantitative estimate of drug-likeness (QED) is 0.695. The van der Waals surface area contributed by atoms with Crippen LogP contribution in [0.25, 0.3) is 0 Å². The zero-order valence-corrected chi connectivity index (χ0v) is 8.49. The van der Waals surface area contributed by atoms with Crippen molar-refractivity contribution in [3.05, 3.63) is 5.15 Å². The van der Waals surface area contributed by atoms with Crippen molar-refractivity contribution < 1.29 is 4.74 Å². The third-order valence-electron chi connectivity index (χ3n) is 1.41. The largest absolute Gasteiger partial charge is 0.475 e. The van der Waals surface area contributed by atoms with Crippen molar-refractivity contribution in [2.75, 3.05) is 6.61 Å². The third kappa shape index (κ3) is 2.95. The Labute approximate surface area is 81.0 Å². The van der Waals surface area contributed by atoms with Gasteiger partial charge in [0, 0.05) is 0 Å². The summed E-state index contributed by atoms with van der Waals surface area (Å²) in [6.45, 7) is 2.83. The first kappa shape index (κ1) is 9.74. The van der Waals surface area contributed by atoms with Crippen LogP contribution in [0, 0.1) is 0 Å². The molecule has 1 aromatic heterocycles. The smallest absolute Gasteiger partial charge is 0.265 e. The first-order valence-corrected chi connectivity index (χ1v) is 5.06. The van der Waals surface area contributed by atoms with Crippen LogP contribution in [0.1, 0.15) is 26.2 Å². The number of nitrogens with zero attached hydrogens (tertiary/aromatic N) is 2. The molecule has 3 nitrogen and oxygen atoms in total. The van der Waals surface area contributed by atoms with Crippen LogP contribution in [0.4, 0.5) is 0 Å². The normalized spacial score (nSPS) is 10.2. The van der Waals surface area contributed by atoms with Crippen LogP contribution < -0.4 is 4.74 Å². The van der Waals surface area contributed by atoms with E-state index in [1.54, 1.807) is 0 Å². The molecule has 68 valence electrons. The molecule has 0 bridgehead atoms. The molecule has 0 unspecified atom stereocenters. The summed E-state index contributed by atoms with van der Waals surface area (Å²) in [5.74, 6) is 0.470. The number of halogens is 1. The summed E-state index contributed by atoms with van der Waals surface area (Å²) < 4.78 is 13.0. The van der Waals surface area contributed by atoms with E-state index in [1.807, 2.05) is 0 Å². The Morgan fingerprint density at radius 3 is 2.83 bits per heavy atom. The molecule has 0 amide bonds. The standard InChI is InChI=1S/C7H11ClN2OS/c1-2-3-4-5-11-7-6(8)9-12-10-7/h2-5H2,1H3. The summed E-state index contributed by atoms with van der Waals surface area (Å²) in [4.78, 5) is 0. The Balaban J connectivity index is 2.20. The van der Waals surface area contributed by atoms with E-state index in [9.17, 15) is 0 Å². The van der Waals surface area contributed by atoms with Crippen molar-refractivity contribution in [3.8, 4) is 5.88 Å². The topological polar surface area (TPSA) is 35.0 Å². The van der Waals surface area contributed by atoms with E-state index in [0.29, 0.717) is 17.6 Å². The minimum atomic E-state index is 0.372. The minimum absolute atomic E-state index is 0.372. The fourth-order valence-electron chi connectivity index (χ4n) is 0.777. The van der Waals surface area contributed by atoms with E-state index in [2.05, 4.69) is 15.7 Å². The van der Waals surface area contributed by atoms with E-state index in [0.717, 1.165) is 18.1 Å². The van der Waals surface area contributed by atoms with Gasteiger partial charge in [0.25, 0.3) is 5.88 Å². The maximum absolute atomic E-state index is 5.66. The van der Waals surface area contributed by atoms with Gasteiger partial charge in [-0.1, -0.05) is 31.4 Å². The zero-order valence-electron chi connectivity index (χ0n) is 6.92. The predicted octanol–water partition coefficient (Wildman–Crippen LogP) is 2.76. The van der Waals surface area contributed by atoms with Crippen molar-refractivity contribution in [2.24, 2.45) is 0 Å². The highest BCUT2D eigenvalue weighted by molar-refractivity contribution is 6.99. The molecule has 0 saturated carbocycles. The molecule has 0 radical (unpaired) electrons.